The highest BCUT2D eigenvalue weighted by molar-refractivity contribution is 5.81. The van der Waals surface area contributed by atoms with Gasteiger partial charge in [-0.3, -0.25) is 9.69 Å². The van der Waals surface area contributed by atoms with Gasteiger partial charge in [-0.1, -0.05) is 12.1 Å². The second-order valence-electron chi connectivity index (χ2n) is 5.56. The van der Waals surface area contributed by atoms with E-state index in [0.29, 0.717) is 6.54 Å². The Balaban J connectivity index is 2.05. The Morgan fingerprint density at radius 2 is 1.90 bits per heavy atom. The summed E-state index contributed by atoms with van der Waals surface area (Å²) in [5.74, 6) is 0.0550. The van der Waals surface area contributed by atoms with Gasteiger partial charge in [0.25, 0.3) is 0 Å². The number of hydrogen-bond donors (Lipinski definition) is 0. The van der Waals surface area contributed by atoms with Crippen molar-refractivity contribution >= 4 is 5.91 Å². The summed E-state index contributed by atoms with van der Waals surface area (Å²) in [5, 5.41) is 0. The molecule has 1 fully saturated rings. The molecule has 1 heterocycles. The van der Waals surface area contributed by atoms with Crippen LogP contribution in [0.4, 0.5) is 13.2 Å². The van der Waals surface area contributed by atoms with Crippen molar-refractivity contribution in [2.45, 2.75) is 31.6 Å². The zero-order valence-electron chi connectivity index (χ0n) is 12.2. The number of benzene rings is 1. The molecule has 0 spiro atoms. The lowest BCUT2D eigenvalue weighted by Crippen LogP contribution is -2.42. The lowest BCUT2D eigenvalue weighted by atomic mass is 10.1. The van der Waals surface area contributed by atoms with E-state index in [1.54, 1.807) is 19.0 Å². The fourth-order valence-electron chi connectivity index (χ4n) is 2.63. The molecule has 116 valence electrons. The third-order valence-electron chi connectivity index (χ3n) is 3.76. The normalized spacial score (nSPS) is 19.8. The lowest BCUT2D eigenvalue weighted by molar-refractivity contribution is -0.137. The van der Waals surface area contributed by atoms with E-state index in [-0.39, 0.29) is 11.9 Å². The second-order valence-corrected chi connectivity index (χ2v) is 5.56. The highest BCUT2D eigenvalue weighted by Gasteiger charge is 2.32. The first kappa shape index (κ1) is 15.8. The molecule has 0 aliphatic carbocycles. The van der Waals surface area contributed by atoms with Gasteiger partial charge in [-0.15, -0.1) is 0 Å². The molecule has 0 N–H and O–H groups in total. The van der Waals surface area contributed by atoms with Gasteiger partial charge in [-0.05, 0) is 37.1 Å². The van der Waals surface area contributed by atoms with Gasteiger partial charge < -0.3 is 4.90 Å². The van der Waals surface area contributed by atoms with E-state index >= 15 is 0 Å². The fraction of sp³-hybridized carbons (Fsp3) is 0.533. The first-order valence-corrected chi connectivity index (χ1v) is 6.90. The maximum absolute atomic E-state index is 12.5. The third-order valence-corrected chi connectivity index (χ3v) is 3.76. The van der Waals surface area contributed by atoms with Crippen LogP contribution in [0.25, 0.3) is 0 Å². The van der Waals surface area contributed by atoms with Crippen molar-refractivity contribution < 1.29 is 18.0 Å². The molecule has 1 aliphatic rings. The van der Waals surface area contributed by atoms with E-state index in [1.807, 2.05) is 4.90 Å². The van der Waals surface area contributed by atoms with Crippen LogP contribution < -0.4 is 0 Å². The molecular formula is C15H19F3N2O. The van der Waals surface area contributed by atoms with Gasteiger partial charge in [0.05, 0.1) is 11.6 Å². The minimum absolute atomic E-state index is 0.0550. The molecule has 1 amide bonds. The largest absolute Gasteiger partial charge is 0.416 e. The van der Waals surface area contributed by atoms with Gasteiger partial charge in [0, 0.05) is 20.6 Å². The summed E-state index contributed by atoms with van der Waals surface area (Å²) in [6.07, 6.45) is -2.57. The molecule has 3 nitrogen and oxygen atoms in total. The average molecular weight is 300 g/mol. The molecule has 6 heteroatoms. The Kier molecular flexibility index (Phi) is 4.56. The van der Waals surface area contributed by atoms with E-state index in [4.69, 9.17) is 0 Å². The van der Waals surface area contributed by atoms with Crippen molar-refractivity contribution in [1.82, 2.24) is 9.80 Å². The molecule has 1 aliphatic heterocycles. The number of nitrogens with zero attached hydrogens (tertiary/aromatic N) is 2. The van der Waals surface area contributed by atoms with Gasteiger partial charge >= 0.3 is 6.18 Å². The maximum atomic E-state index is 12.5. The summed E-state index contributed by atoms with van der Waals surface area (Å²) >= 11 is 0. The molecule has 1 saturated heterocycles. The van der Waals surface area contributed by atoms with Crippen molar-refractivity contribution in [3.05, 3.63) is 35.4 Å². The van der Waals surface area contributed by atoms with E-state index in [2.05, 4.69) is 0 Å². The molecule has 0 saturated carbocycles. The van der Waals surface area contributed by atoms with E-state index in [9.17, 15) is 18.0 Å². The summed E-state index contributed by atoms with van der Waals surface area (Å²) in [6.45, 7) is 1.30. The monoisotopic (exact) mass is 300 g/mol. The molecule has 1 atom stereocenters. The molecular weight excluding hydrogens is 281 g/mol. The summed E-state index contributed by atoms with van der Waals surface area (Å²) in [7, 11) is 3.44. The minimum Gasteiger partial charge on any atom is -0.347 e. The van der Waals surface area contributed by atoms with Crippen molar-refractivity contribution in [3.63, 3.8) is 0 Å². The van der Waals surface area contributed by atoms with Crippen LogP contribution in [0, 0.1) is 0 Å². The number of rotatable bonds is 3. The highest BCUT2D eigenvalue weighted by atomic mass is 19.4. The quantitative estimate of drug-likeness (QED) is 0.857. The Hall–Kier alpha value is -1.56. The third kappa shape index (κ3) is 3.75. The molecule has 0 bridgehead atoms. The zero-order valence-corrected chi connectivity index (χ0v) is 12.2. The van der Waals surface area contributed by atoms with Gasteiger partial charge in [0.2, 0.25) is 5.91 Å². The Labute approximate surface area is 122 Å². The van der Waals surface area contributed by atoms with Gasteiger partial charge in [0.1, 0.15) is 0 Å². The standard InChI is InChI=1S/C15H19F3N2O/c1-19(2)14(21)13-4-3-9-20(13)10-11-5-7-12(8-6-11)15(16,17)18/h5-8,13H,3-4,9-10H2,1-2H3. The van der Waals surface area contributed by atoms with Crippen LogP contribution in [0.2, 0.25) is 0 Å². The molecule has 21 heavy (non-hydrogen) atoms. The number of hydrogen-bond acceptors (Lipinski definition) is 2. The zero-order chi connectivity index (χ0) is 15.6. The maximum Gasteiger partial charge on any atom is 0.416 e. The Morgan fingerprint density at radius 3 is 2.43 bits per heavy atom. The molecule has 0 aromatic heterocycles. The smallest absolute Gasteiger partial charge is 0.347 e. The predicted octanol–water partition coefficient (Wildman–Crippen LogP) is 2.76. The summed E-state index contributed by atoms with van der Waals surface area (Å²) < 4.78 is 37.6. The number of likely N-dealkylation sites (N-methyl/N-ethyl adjacent to an activating group) is 1. The lowest BCUT2D eigenvalue weighted by Gasteiger charge is -2.26. The van der Waals surface area contributed by atoms with E-state index in [0.717, 1.165) is 37.1 Å². The summed E-state index contributed by atoms with van der Waals surface area (Å²) in [4.78, 5) is 15.7. The van der Waals surface area contributed by atoms with Gasteiger partial charge in [-0.25, -0.2) is 0 Å². The molecule has 1 unspecified atom stereocenters. The Bertz CT molecular complexity index is 497. The average Bonchev–Trinajstić information content (AvgIpc) is 2.85. The van der Waals surface area contributed by atoms with Crippen LogP contribution in [-0.2, 0) is 17.5 Å². The predicted molar refractivity (Wildman–Crippen MR) is 73.6 cm³/mol. The molecule has 2 rings (SSSR count). The molecule has 0 radical (unpaired) electrons. The van der Waals surface area contributed by atoms with Crippen LogP contribution in [0.5, 0.6) is 0 Å². The van der Waals surface area contributed by atoms with Crippen molar-refractivity contribution in [3.8, 4) is 0 Å². The fourth-order valence-corrected chi connectivity index (χ4v) is 2.63. The molecule has 1 aromatic carbocycles. The molecule has 1 aromatic rings. The van der Waals surface area contributed by atoms with Crippen LogP contribution in [0.15, 0.2) is 24.3 Å². The van der Waals surface area contributed by atoms with Crippen molar-refractivity contribution in [2.24, 2.45) is 0 Å². The number of alkyl halides is 3. The van der Waals surface area contributed by atoms with E-state index in [1.165, 1.54) is 12.1 Å². The summed E-state index contributed by atoms with van der Waals surface area (Å²) in [6, 6.07) is 4.99. The van der Waals surface area contributed by atoms with Crippen LogP contribution >= 0.6 is 0 Å². The number of carbonyl (C=O) groups excluding carboxylic acids is 1. The van der Waals surface area contributed by atoms with E-state index < -0.39 is 11.7 Å². The van der Waals surface area contributed by atoms with Gasteiger partial charge in [0.15, 0.2) is 0 Å². The van der Waals surface area contributed by atoms with Crippen molar-refractivity contribution in [1.29, 1.82) is 0 Å². The Morgan fingerprint density at radius 1 is 1.29 bits per heavy atom. The highest BCUT2D eigenvalue weighted by Crippen LogP contribution is 2.29. The minimum atomic E-state index is -4.31. The SMILES string of the molecule is CN(C)C(=O)C1CCCN1Cc1ccc(C(F)(F)F)cc1. The first-order valence-electron chi connectivity index (χ1n) is 6.90. The van der Waals surface area contributed by atoms with Gasteiger partial charge in [-0.2, -0.15) is 13.2 Å². The topological polar surface area (TPSA) is 23.6 Å². The van der Waals surface area contributed by atoms with Crippen molar-refractivity contribution in [2.75, 3.05) is 20.6 Å². The number of likely N-dealkylation sites (tertiary alicyclic amines) is 1. The first-order chi connectivity index (χ1) is 9.79. The summed E-state index contributed by atoms with van der Waals surface area (Å²) in [5.41, 5.74) is 0.148. The van der Waals surface area contributed by atoms with Crippen LogP contribution in [0.3, 0.4) is 0 Å². The van der Waals surface area contributed by atoms with Crippen LogP contribution in [-0.4, -0.2) is 42.4 Å². The second kappa shape index (κ2) is 6.05. The number of amides is 1. The number of carbonyl (C=O) groups is 1. The van der Waals surface area contributed by atoms with Crippen LogP contribution in [0.1, 0.15) is 24.0 Å². The number of halogens is 3.